The summed E-state index contributed by atoms with van der Waals surface area (Å²) in [4.78, 5) is 0. The van der Waals surface area contributed by atoms with Crippen LogP contribution in [-0.2, 0) is 6.42 Å². The minimum Gasteiger partial charge on any atom is -0.494 e. The van der Waals surface area contributed by atoms with Crippen molar-refractivity contribution in [2.24, 2.45) is 5.92 Å². The zero-order valence-corrected chi connectivity index (χ0v) is 12.6. The highest BCUT2D eigenvalue weighted by molar-refractivity contribution is 5.29. The zero-order valence-electron chi connectivity index (χ0n) is 12.6. The molecule has 0 aromatic heterocycles. The van der Waals surface area contributed by atoms with Crippen LogP contribution in [0.4, 0.5) is 4.39 Å². The van der Waals surface area contributed by atoms with Crippen molar-refractivity contribution >= 4 is 0 Å². The third kappa shape index (κ3) is 3.95. The molecule has 0 heterocycles. The molecule has 0 bridgehead atoms. The van der Waals surface area contributed by atoms with Crippen LogP contribution in [0.3, 0.4) is 0 Å². The van der Waals surface area contributed by atoms with Gasteiger partial charge in [0, 0.05) is 6.04 Å². The number of hydrogen-bond donors (Lipinski definition) is 1. The second kappa shape index (κ2) is 7.63. The number of rotatable bonds is 5. The highest BCUT2D eigenvalue weighted by Crippen LogP contribution is 2.28. The molecule has 3 heteroatoms. The fraction of sp³-hybridized carbons (Fsp3) is 0.647. The molecule has 1 aliphatic carbocycles. The van der Waals surface area contributed by atoms with Gasteiger partial charge in [0.15, 0.2) is 11.6 Å². The zero-order chi connectivity index (χ0) is 14.4. The van der Waals surface area contributed by atoms with Crippen LogP contribution in [0.25, 0.3) is 0 Å². The Bertz CT molecular complexity index is 421. The third-order valence-corrected chi connectivity index (χ3v) is 4.34. The van der Waals surface area contributed by atoms with E-state index >= 15 is 0 Å². The van der Waals surface area contributed by atoms with E-state index in [1.54, 1.807) is 12.1 Å². The molecule has 20 heavy (non-hydrogen) atoms. The van der Waals surface area contributed by atoms with Crippen molar-refractivity contribution in [3.05, 3.63) is 29.6 Å². The third-order valence-electron chi connectivity index (χ3n) is 4.34. The number of benzene rings is 1. The molecular weight excluding hydrogens is 253 g/mol. The van der Waals surface area contributed by atoms with Crippen LogP contribution in [0.5, 0.6) is 5.75 Å². The van der Waals surface area contributed by atoms with Crippen LogP contribution in [0, 0.1) is 11.7 Å². The van der Waals surface area contributed by atoms with Crippen LogP contribution >= 0.6 is 0 Å². The van der Waals surface area contributed by atoms with E-state index in [4.69, 9.17) is 4.74 Å². The van der Waals surface area contributed by atoms with E-state index in [-0.39, 0.29) is 5.82 Å². The van der Waals surface area contributed by atoms with Gasteiger partial charge < -0.3 is 10.1 Å². The Labute approximate surface area is 121 Å². The monoisotopic (exact) mass is 279 g/mol. The van der Waals surface area contributed by atoms with Gasteiger partial charge in [0.1, 0.15) is 0 Å². The Morgan fingerprint density at radius 1 is 1.25 bits per heavy atom. The van der Waals surface area contributed by atoms with Crippen LogP contribution in [0.15, 0.2) is 18.2 Å². The molecule has 1 aromatic rings. The molecule has 0 spiro atoms. The quantitative estimate of drug-likeness (QED) is 0.824. The average Bonchev–Trinajstić information content (AvgIpc) is 2.65. The maximum absolute atomic E-state index is 13.8. The van der Waals surface area contributed by atoms with Crippen molar-refractivity contribution in [1.29, 1.82) is 0 Å². The molecule has 2 nitrogen and oxygen atoms in total. The molecule has 1 N–H and O–H groups in total. The van der Waals surface area contributed by atoms with Crippen molar-refractivity contribution in [1.82, 2.24) is 5.32 Å². The van der Waals surface area contributed by atoms with Crippen molar-refractivity contribution in [2.45, 2.75) is 51.5 Å². The van der Waals surface area contributed by atoms with Crippen molar-refractivity contribution in [3.8, 4) is 5.75 Å². The van der Waals surface area contributed by atoms with Gasteiger partial charge >= 0.3 is 0 Å². The summed E-state index contributed by atoms with van der Waals surface area (Å²) in [6, 6.07) is 5.94. The second-order valence-corrected chi connectivity index (χ2v) is 5.74. The Kier molecular flexibility index (Phi) is 5.84. The lowest BCUT2D eigenvalue weighted by molar-refractivity contribution is 0.336. The number of halogens is 1. The van der Waals surface area contributed by atoms with Gasteiger partial charge in [-0.3, -0.25) is 0 Å². The molecule has 0 saturated heterocycles. The van der Waals surface area contributed by atoms with Crippen LogP contribution in [0.1, 0.15) is 44.6 Å². The minimum atomic E-state index is -0.251. The summed E-state index contributed by atoms with van der Waals surface area (Å²) in [6.45, 7) is 3.17. The first-order valence-corrected chi connectivity index (χ1v) is 7.80. The van der Waals surface area contributed by atoms with Gasteiger partial charge in [-0.05, 0) is 49.4 Å². The minimum absolute atomic E-state index is 0.251. The fourth-order valence-corrected chi connectivity index (χ4v) is 3.30. The molecule has 1 fully saturated rings. The van der Waals surface area contributed by atoms with Gasteiger partial charge in [0.05, 0.1) is 7.11 Å². The first-order valence-electron chi connectivity index (χ1n) is 7.80. The van der Waals surface area contributed by atoms with Crippen molar-refractivity contribution in [3.63, 3.8) is 0 Å². The molecule has 2 atom stereocenters. The summed E-state index contributed by atoms with van der Waals surface area (Å²) in [5.74, 6) is 0.696. The van der Waals surface area contributed by atoms with Gasteiger partial charge in [-0.15, -0.1) is 0 Å². The number of hydrogen-bond acceptors (Lipinski definition) is 2. The predicted molar refractivity (Wildman–Crippen MR) is 80.7 cm³/mol. The first-order chi connectivity index (χ1) is 9.74. The van der Waals surface area contributed by atoms with Crippen LogP contribution < -0.4 is 10.1 Å². The second-order valence-electron chi connectivity index (χ2n) is 5.74. The molecule has 2 unspecified atom stereocenters. The van der Waals surface area contributed by atoms with Gasteiger partial charge in [-0.1, -0.05) is 32.3 Å². The smallest absolute Gasteiger partial charge is 0.165 e. The Morgan fingerprint density at radius 2 is 2.05 bits per heavy atom. The number of nitrogens with one attached hydrogen (secondary N) is 1. The van der Waals surface area contributed by atoms with Crippen molar-refractivity contribution < 1.29 is 9.13 Å². The molecule has 112 valence electrons. The van der Waals surface area contributed by atoms with E-state index in [0.29, 0.717) is 17.7 Å². The summed E-state index contributed by atoms with van der Waals surface area (Å²) in [5.41, 5.74) is 1.08. The van der Waals surface area contributed by atoms with Crippen molar-refractivity contribution in [2.75, 3.05) is 13.7 Å². The van der Waals surface area contributed by atoms with E-state index in [1.165, 1.54) is 39.2 Å². The molecule has 0 aliphatic heterocycles. The van der Waals surface area contributed by atoms with Crippen LogP contribution in [0.2, 0.25) is 0 Å². The van der Waals surface area contributed by atoms with Gasteiger partial charge in [-0.2, -0.15) is 0 Å². The Hall–Kier alpha value is -1.09. The van der Waals surface area contributed by atoms with E-state index in [1.807, 2.05) is 6.07 Å². The lowest BCUT2D eigenvalue weighted by Gasteiger charge is -2.26. The van der Waals surface area contributed by atoms with E-state index in [2.05, 4.69) is 12.2 Å². The van der Waals surface area contributed by atoms with Gasteiger partial charge in [-0.25, -0.2) is 4.39 Å². The van der Waals surface area contributed by atoms with E-state index in [9.17, 15) is 4.39 Å². The number of methoxy groups -OCH3 is 1. The lowest BCUT2D eigenvalue weighted by atomic mass is 9.88. The van der Waals surface area contributed by atoms with Crippen LogP contribution in [-0.4, -0.2) is 19.7 Å². The topological polar surface area (TPSA) is 21.3 Å². The molecule has 0 amide bonds. The molecule has 1 aromatic carbocycles. The van der Waals surface area contributed by atoms with E-state index < -0.39 is 0 Å². The first kappa shape index (κ1) is 15.3. The summed E-state index contributed by atoms with van der Waals surface area (Å²) in [7, 11) is 1.50. The Morgan fingerprint density at radius 3 is 2.75 bits per heavy atom. The van der Waals surface area contributed by atoms with Gasteiger partial charge in [0.2, 0.25) is 0 Å². The maximum Gasteiger partial charge on any atom is 0.165 e. The SMILES string of the molecule is CCNC1CCCCCC1Cc1ccc(OC)c(F)c1. The number of ether oxygens (including phenoxy) is 1. The summed E-state index contributed by atoms with van der Waals surface area (Å²) >= 11 is 0. The molecular formula is C17H26FNO. The summed E-state index contributed by atoms with van der Waals surface area (Å²) in [6.07, 6.45) is 7.38. The lowest BCUT2D eigenvalue weighted by Crippen LogP contribution is -2.36. The molecule has 1 aliphatic rings. The highest BCUT2D eigenvalue weighted by Gasteiger charge is 2.23. The molecule has 1 saturated carbocycles. The highest BCUT2D eigenvalue weighted by atomic mass is 19.1. The molecule has 2 rings (SSSR count). The van der Waals surface area contributed by atoms with Gasteiger partial charge in [0.25, 0.3) is 0 Å². The fourth-order valence-electron chi connectivity index (χ4n) is 3.30. The summed E-state index contributed by atoms with van der Waals surface area (Å²) in [5, 5.41) is 3.61. The normalized spacial score (nSPS) is 23.4. The summed E-state index contributed by atoms with van der Waals surface area (Å²) < 4.78 is 18.8. The predicted octanol–water partition coefficient (Wildman–Crippen LogP) is 3.94. The Balaban J connectivity index is 2.07. The average molecular weight is 279 g/mol. The standard InChI is InChI=1S/C17H26FNO/c1-3-19-16-8-6-4-5-7-14(16)11-13-9-10-17(20-2)15(18)12-13/h9-10,12,14,16,19H,3-8,11H2,1-2H3. The largest absolute Gasteiger partial charge is 0.494 e. The molecule has 0 radical (unpaired) electrons. The maximum atomic E-state index is 13.8. The van der Waals surface area contributed by atoms with E-state index in [0.717, 1.165) is 18.5 Å².